The summed E-state index contributed by atoms with van der Waals surface area (Å²) in [6.45, 7) is 5.19. The van der Waals surface area contributed by atoms with E-state index in [9.17, 15) is 8.42 Å². The van der Waals surface area contributed by atoms with Crippen LogP contribution in [-0.4, -0.2) is 28.2 Å². The second kappa shape index (κ2) is 4.61. The Hall–Kier alpha value is -1.96. The molecule has 0 fully saturated rings. The van der Waals surface area contributed by atoms with E-state index in [4.69, 9.17) is 0 Å². The number of sulfonamides is 1. The molecule has 0 atom stereocenters. The fourth-order valence-electron chi connectivity index (χ4n) is 1.79. The molecule has 0 saturated heterocycles. The van der Waals surface area contributed by atoms with Gasteiger partial charge in [-0.1, -0.05) is 0 Å². The van der Waals surface area contributed by atoms with Crippen molar-refractivity contribution in [2.45, 2.75) is 25.7 Å². The summed E-state index contributed by atoms with van der Waals surface area (Å²) < 4.78 is 28.2. The van der Waals surface area contributed by atoms with Crippen molar-refractivity contribution in [2.24, 2.45) is 7.05 Å². The van der Waals surface area contributed by atoms with Gasteiger partial charge in [-0.25, -0.2) is 23.1 Å². The van der Waals surface area contributed by atoms with Crippen molar-refractivity contribution in [1.82, 2.24) is 19.7 Å². The molecule has 102 valence electrons. The van der Waals surface area contributed by atoms with E-state index in [1.54, 1.807) is 33.9 Å². The van der Waals surface area contributed by atoms with E-state index in [0.29, 0.717) is 17.1 Å². The first-order valence-corrected chi connectivity index (χ1v) is 7.11. The van der Waals surface area contributed by atoms with Crippen LogP contribution in [0.4, 0.5) is 5.95 Å². The Morgan fingerprint density at radius 3 is 2.21 bits per heavy atom. The first-order chi connectivity index (χ1) is 8.78. The van der Waals surface area contributed by atoms with Gasteiger partial charge < -0.3 is 0 Å². The minimum Gasteiger partial charge on any atom is -0.274 e. The Balaban J connectivity index is 2.39. The molecule has 0 aliphatic carbocycles. The van der Waals surface area contributed by atoms with Crippen LogP contribution in [0, 0.1) is 20.8 Å². The second-order valence-electron chi connectivity index (χ2n) is 4.33. The van der Waals surface area contributed by atoms with Crippen LogP contribution in [0.5, 0.6) is 0 Å². The average molecular weight is 281 g/mol. The summed E-state index contributed by atoms with van der Waals surface area (Å²) in [5.74, 6) is 0.0701. The van der Waals surface area contributed by atoms with Crippen LogP contribution >= 0.6 is 0 Å². The molecule has 19 heavy (non-hydrogen) atoms. The Labute approximate surface area is 111 Å². The van der Waals surface area contributed by atoms with Crippen LogP contribution < -0.4 is 4.72 Å². The number of anilines is 1. The van der Waals surface area contributed by atoms with Gasteiger partial charge in [-0.15, -0.1) is 0 Å². The number of nitrogens with zero attached hydrogens (tertiary/aromatic N) is 4. The maximum atomic E-state index is 12.2. The molecule has 2 heterocycles. The van der Waals surface area contributed by atoms with Crippen molar-refractivity contribution in [3.63, 3.8) is 0 Å². The molecule has 0 spiro atoms. The normalized spacial score (nSPS) is 11.6. The third kappa shape index (κ3) is 2.90. The fourth-order valence-corrected chi connectivity index (χ4v) is 2.95. The van der Waals surface area contributed by atoms with Crippen LogP contribution in [0.25, 0.3) is 0 Å². The lowest BCUT2D eigenvalue weighted by molar-refractivity contribution is 0.600. The number of hydrogen-bond donors (Lipinski definition) is 1. The van der Waals surface area contributed by atoms with Crippen LogP contribution in [0.2, 0.25) is 0 Å². The highest BCUT2D eigenvalue weighted by molar-refractivity contribution is 7.92. The summed E-state index contributed by atoms with van der Waals surface area (Å²) in [6.07, 6.45) is 1.44. The highest BCUT2D eigenvalue weighted by atomic mass is 32.2. The summed E-state index contributed by atoms with van der Waals surface area (Å²) in [5.41, 5.74) is 1.83. The molecule has 2 aromatic heterocycles. The lowest BCUT2D eigenvalue weighted by Crippen LogP contribution is -2.16. The first kappa shape index (κ1) is 13.5. The van der Waals surface area contributed by atoms with Crippen molar-refractivity contribution in [2.75, 3.05) is 4.72 Å². The van der Waals surface area contributed by atoms with Crippen molar-refractivity contribution in [3.05, 3.63) is 29.3 Å². The molecule has 2 rings (SSSR count). The van der Waals surface area contributed by atoms with E-state index in [-0.39, 0.29) is 10.8 Å². The Morgan fingerprint density at radius 2 is 1.74 bits per heavy atom. The summed E-state index contributed by atoms with van der Waals surface area (Å²) >= 11 is 0. The Bertz CT molecular complexity index is 700. The fraction of sp³-hybridized carbons (Fsp3) is 0.364. The maximum Gasteiger partial charge on any atom is 0.267 e. The van der Waals surface area contributed by atoms with Crippen LogP contribution in [0.1, 0.15) is 17.1 Å². The van der Waals surface area contributed by atoms with Gasteiger partial charge in [-0.2, -0.15) is 5.10 Å². The van der Waals surface area contributed by atoms with Gasteiger partial charge in [0.2, 0.25) is 5.95 Å². The van der Waals surface area contributed by atoms with Crippen LogP contribution in [0.15, 0.2) is 17.2 Å². The van der Waals surface area contributed by atoms with Crippen molar-refractivity contribution < 1.29 is 8.42 Å². The van der Waals surface area contributed by atoms with Crippen LogP contribution in [-0.2, 0) is 17.1 Å². The molecular weight excluding hydrogens is 266 g/mol. The second-order valence-corrected chi connectivity index (χ2v) is 5.98. The van der Waals surface area contributed by atoms with Crippen molar-refractivity contribution in [1.29, 1.82) is 0 Å². The number of rotatable bonds is 3. The van der Waals surface area contributed by atoms with Gasteiger partial charge >= 0.3 is 0 Å². The van der Waals surface area contributed by atoms with E-state index in [1.807, 2.05) is 0 Å². The van der Waals surface area contributed by atoms with E-state index >= 15 is 0 Å². The summed E-state index contributed by atoms with van der Waals surface area (Å²) in [5, 5.41) is 4.01. The zero-order chi connectivity index (χ0) is 14.2. The van der Waals surface area contributed by atoms with Gasteiger partial charge in [0, 0.05) is 24.6 Å². The van der Waals surface area contributed by atoms with Crippen LogP contribution in [0.3, 0.4) is 0 Å². The van der Waals surface area contributed by atoms with Gasteiger partial charge in [0.15, 0.2) is 0 Å². The summed E-state index contributed by atoms with van der Waals surface area (Å²) in [7, 11) is -2.05. The van der Waals surface area contributed by atoms with Crippen molar-refractivity contribution in [3.8, 4) is 0 Å². The SMILES string of the molecule is Cc1cc(C)nc(NS(=O)(=O)c2cn(C)nc2C)n1. The number of hydrogen-bond acceptors (Lipinski definition) is 5. The van der Waals surface area contributed by atoms with Crippen molar-refractivity contribution >= 4 is 16.0 Å². The molecule has 0 unspecified atom stereocenters. The molecule has 0 bridgehead atoms. The Morgan fingerprint density at radius 1 is 1.16 bits per heavy atom. The lowest BCUT2D eigenvalue weighted by Gasteiger charge is -2.06. The molecule has 1 N–H and O–H groups in total. The first-order valence-electron chi connectivity index (χ1n) is 5.63. The Kier molecular flexibility index (Phi) is 3.27. The zero-order valence-electron chi connectivity index (χ0n) is 11.2. The highest BCUT2D eigenvalue weighted by Gasteiger charge is 2.21. The van der Waals surface area contributed by atoms with E-state index < -0.39 is 10.0 Å². The number of aromatic nitrogens is 4. The molecule has 7 nitrogen and oxygen atoms in total. The minimum atomic E-state index is -3.72. The molecule has 0 aliphatic heterocycles. The monoisotopic (exact) mass is 281 g/mol. The molecule has 8 heteroatoms. The number of aryl methyl sites for hydroxylation is 4. The smallest absolute Gasteiger partial charge is 0.267 e. The highest BCUT2D eigenvalue weighted by Crippen LogP contribution is 2.16. The molecule has 2 aromatic rings. The molecule has 0 amide bonds. The third-order valence-electron chi connectivity index (χ3n) is 2.47. The average Bonchev–Trinajstić information content (AvgIpc) is 2.56. The third-order valence-corrected chi connectivity index (χ3v) is 3.90. The van der Waals surface area contributed by atoms with Gasteiger partial charge in [0.05, 0.1) is 5.69 Å². The van der Waals surface area contributed by atoms with Gasteiger partial charge in [-0.05, 0) is 26.8 Å². The van der Waals surface area contributed by atoms with Gasteiger partial charge in [0.1, 0.15) is 4.90 Å². The van der Waals surface area contributed by atoms with E-state index in [1.165, 1.54) is 10.9 Å². The molecule has 0 aromatic carbocycles. The maximum absolute atomic E-state index is 12.2. The molecular formula is C11H15N5O2S. The largest absolute Gasteiger partial charge is 0.274 e. The topological polar surface area (TPSA) is 89.8 Å². The zero-order valence-corrected chi connectivity index (χ0v) is 12.0. The standard InChI is InChI=1S/C11H15N5O2S/c1-7-5-8(2)13-11(12-7)15-19(17,18)10-6-16(4)14-9(10)3/h5-6H,1-4H3,(H,12,13,15). The molecule has 0 aliphatic rings. The van der Waals surface area contributed by atoms with E-state index in [2.05, 4.69) is 19.8 Å². The lowest BCUT2D eigenvalue weighted by atomic mass is 10.4. The van der Waals surface area contributed by atoms with E-state index in [0.717, 1.165) is 0 Å². The summed E-state index contributed by atoms with van der Waals surface area (Å²) in [4.78, 5) is 8.23. The quantitative estimate of drug-likeness (QED) is 0.904. The summed E-state index contributed by atoms with van der Waals surface area (Å²) in [6, 6.07) is 1.77. The van der Waals surface area contributed by atoms with Gasteiger partial charge in [0.25, 0.3) is 10.0 Å². The predicted molar refractivity (Wildman–Crippen MR) is 70.3 cm³/mol. The molecule has 0 saturated carbocycles. The minimum absolute atomic E-state index is 0.0701. The molecule has 0 radical (unpaired) electrons. The predicted octanol–water partition coefficient (Wildman–Crippen LogP) is 0.936. The van der Waals surface area contributed by atoms with Gasteiger partial charge in [-0.3, -0.25) is 4.68 Å². The number of nitrogens with one attached hydrogen (secondary N) is 1.